The fourth-order valence-electron chi connectivity index (χ4n) is 2.44. The van der Waals surface area contributed by atoms with Gasteiger partial charge in [-0.05, 0) is 12.1 Å². The van der Waals surface area contributed by atoms with Crippen LogP contribution in [0.15, 0.2) is 23.1 Å². The van der Waals surface area contributed by atoms with Crippen LogP contribution in [-0.2, 0) is 14.8 Å². The Hall–Kier alpha value is -1.95. The lowest BCUT2D eigenvalue weighted by Crippen LogP contribution is -2.49. The molecule has 0 aromatic heterocycles. The monoisotopic (exact) mass is 408 g/mol. The first-order chi connectivity index (χ1) is 11.8. The first kappa shape index (κ1) is 22.1. The van der Waals surface area contributed by atoms with E-state index in [2.05, 4.69) is 5.32 Å². The maximum absolute atomic E-state index is 12.6. The minimum Gasteiger partial charge on any atom is -0.490 e. The molecule has 1 aromatic carbocycles. The molecular formula is C14H21ClN4O6S. The van der Waals surface area contributed by atoms with Crippen molar-refractivity contribution in [3.8, 4) is 5.75 Å². The highest BCUT2D eigenvalue weighted by Crippen LogP contribution is 2.30. The molecule has 1 fully saturated rings. The summed E-state index contributed by atoms with van der Waals surface area (Å²) in [6.45, 7) is 2.02. The maximum atomic E-state index is 12.6. The third kappa shape index (κ3) is 4.81. The number of nitrogens with one attached hydrogen (secondary N) is 1. The molecule has 146 valence electrons. The molecule has 1 heterocycles. The highest BCUT2D eigenvalue weighted by Gasteiger charge is 2.28. The fraction of sp³-hybridized carbons (Fsp3) is 0.500. The lowest BCUT2D eigenvalue weighted by atomic mass is 10.3. The molecule has 0 aliphatic carbocycles. The van der Waals surface area contributed by atoms with Gasteiger partial charge in [0.05, 0.1) is 23.5 Å². The first-order valence-corrected chi connectivity index (χ1v) is 8.98. The van der Waals surface area contributed by atoms with Gasteiger partial charge in [-0.15, -0.1) is 12.4 Å². The van der Waals surface area contributed by atoms with Crippen molar-refractivity contribution in [2.45, 2.75) is 4.90 Å². The second-order valence-electron chi connectivity index (χ2n) is 5.48. The van der Waals surface area contributed by atoms with E-state index in [1.807, 2.05) is 0 Å². The molecule has 0 spiro atoms. The number of rotatable bonds is 6. The normalized spacial score (nSPS) is 14.7. The van der Waals surface area contributed by atoms with Crippen molar-refractivity contribution < 1.29 is 22.9 Å². The standard InChI is InChI=1S/C14H20N4O6S.ClH/c1-16(10-14(19)17-7-5-15-6-8-17)25(22,23)11-3-4-13(24-2)12(9-11)18(20)21;/h3-4,9,15H,5-8,10H2,1-2H3;1H. The smallest absolute Gasteiger partial charge is 0.312 e. The summed E-state index contributed by atoms with van der Waals surface area (Å²) < 4.78 is 31.0. The van der Waals surface area contributed by atoms with E-state index in [-0.39, 0.29) is 35.5 Å². The van der Waals surface area contributed by atoms with Gasteiger partial charge < -0.3 is 15.0 Å². The van der Waals surface area contributed by atoms with E-state index < -0.39 is 20.6 Å². The number of carbonyl (C=O) groups is 1. The molecule has 0 atom stereocenters. The van der Waals surface area contributed by atoms with Gasteiger partial charge in [0.15, 0.2) is 5.75 Å². The third-order valence-corrected chi connectivity index (χ3v) is 5.68. The molecule has 1 aromatic rings. The number of hydrogen-bond donors (Lipinski definition) is 1. The van der Waals surface area contributed by atoms with Crippen LogP contribution >= 0.6 is 12.4 Å². The van der Waals surface area contributed by atoms with Crippen LogP contribution in [0, 0.1) is 10.1 Å². The zero-order valence-corrected chi connectivity index (χ0v) is 16.0. The molecule has 1 aliphatic heterocycles. The van der Waals surface area contributed by atoms with Gasteiger partial charge in [-0.3, -0.25) is 14.9 Å². The zero-order chi connectivity index (χ0) is 18.6. The molecule has 2 rings (SSSR count). The Morgan fingerprint density at radius 2 is 2.00 bits per heavy atom. The van der Waals surface area contributed by atoms with Gasteiger partial charge in [-0.2, -0.15) is 4.31 Å². The number of sulfonamides is 1. The van der Waals surface area contributed by atoms with Crippen molar-refractivity contribution in [3.63, 3.8) is 0 Å². The predicted molar refractivity (Wildman–Crippen MR) is 96.2 cm³/mol. The molecular weight excluding hydrogens is 388 g/mol. The first-order valence-electron chi connectivity index (χ1n) is 7.54. The summed E-state index contributed by atoms with van der Waals surface area (Å²) in [6, 6.07) is 3.36. The number of methoxy groups -OCH3 is 1. The number of ether oxygens (including phenoxy) is 1. The number of amides is 1. The van der Waals surface area contributed by atoms with Gasteiger partial charge in [0.25, 0.3) is 0 Å². The number of piperazine rings is 1. The second-order valence-corrected chi connectivity index (χ2v) is 7.53. The Morgan fingerprint density at radius 3 is 2.54 bits per heavy atom. The molecule has 1 saturated heterocycles. The highest BCUT2D eigenvalue weighted by molar-refractivity contribution is 7.89. The van der Waals surface area contributed by atoms with Crippen LogP contribution in [0.3, 0.4) is 0 Å². The summed E-state index contributed by atoms with van der Waals surface area (Å²) >= 11 is 0. The molecule has 1 N–H and O–H groups in total. The maximum Gasteiger partial charge on any atom is 0.312 e. The number of nitro benzene ring substituents is 1. The van der Waals surface area contributed by atoms with E-state index in [0.29, 0.717) is 26.2 Å². The summed E-state index contributed by atoms with van der Waals surface area (Å²) in [5, 5.41) is 14.2. The van der Waals surface area contributed by atoms with Crippen molar-refractivity contribution in [2.75, 3.05) is 46.9 Å². The number of hydrogen-bond acceptors (Lipinski definition) is 7. The van der Waals surface area contributed by atoms with Crippen molar-refractivity contribution in [1.29, 1.82) is 0 Å². The van der Waals surface area contributed by atoms with Crippen LogP contribution in [0.25, 0.3) is 0 Å². The molecule has 0 unspecified atom stereocenters. The van der Waals surface area contributed by atoms with Crippen molar-refractivity contribution in [1.82, 2.24) is 14.5 Å². The van der Waals surface area contributed by atoms with E-state index in [1.54, 1.807) is 4.90 Å². The third-order valence-electron chi connectivity index (χ3n) is 3.88. The van der Waals surface area contributed by atoms with Crippen LogP contribution < -0.4 is 10.1 Å². The van der Waals surface area contributed by atoms with Crippen LogP contribution in [-0.4, -0.2) is 75.3 Å². The number of benzene rings is 1. The minimum atomic E-state index is -4.04. The molecule has 10 nitrogen and oxygen atoms in total. The summed E-state index contributed by atoms with van der Waals surface area (Å²) in [7, 11) is -1.52. The Labute approximate surface area is 157 Å². The summed E-state index contributed by atoms with van der Waals surface area (Å²) in [6.07, 6.45) is 0. The lowest BCUT2D eigenvalue weighted by molar-refractivity contribution is -0.386. The van der Waals surface area contributed by atoms with Gasteiger partial charge in [0.1, 0.15) is 0 Å². The van der Waals surface area contributed by atoms with Gasteiger partial charge in [0, 0.05) is 39.3 Å². The molecule has 0 saturated carbocycles. The number of nitro groups is 1. The SMILES string of the molecule is COc1ccc(S(=O)(=O)N(C)CC(=O)N2CCNCC2)cc1[N+](=O)[O-].Cl. The molecule has 1 amide bonds. The van der Waals surface area contributed by atoms with Crippen LogP contribution in [0.1, 0.15) is 0 Å². The summed E-state index contributed by atoms with van der Waals surface area (Å²) in [5.74, 6) is -0.348. The van der Waals surface area contributed by atoms with Crippen LogP contribution in [0.2, 0.25) is 0 Å². The molecule has 26 heavy (non-hydrogen) atoms. The zero-order valence-electron chi connectivity index (χ0n) is 14.4. The van der Waals surface area contributed by atoms with Crippen molar-refractivity contribution in [3.05, 3.63) is 28.3 Å². The molecule has 0 radical (unpaired) electrons. The van der Waals surface area contributed by atoms with Gasteiger partial charge in [-0.1, -0.05) is 0 Å². The Kier molecular flexibility index (Phi) is 7.75. The van der Waals surface area contributed by atoms with E-state index in [0.717, 1.165) is 10.4 Å². The number of likely N-dealkylation sites (N-methyl/N-ethyl adjacent to an activating group) is 1. The van der Waals surface area contributed by atoms with Gasteiger partial charge >= 0.3 is 5.69 Å². The van der Waals surface area contributed by atoms with E-state index in [1.165, 1.54) is 26.3 Å². The van der Waals surface area contributed by atoms with Gasteiger partial charge in [0.2, 0.25) is 15.9 Å². The average Bonchev–Trinajstić information content (AvgIpc) is 2.61. The minimum absolute atomic E-state index is 0. The summed E-state index contributed by atoms with van der Waals surface area (Å²) in [5.41, 5.74) is -0.453. The average molecular weight is 409 g/mol. The van der Waals surface area contributed by atoms with E-state index in [4.69, 9.17) is 4.74 Å². The number of nitrogens with zero attached hydrogens (tertiary/aromatic N) is 3. The van der Waals surface area contributed by atoms with E-state index in [9.17, 15) is 23.3 Å². The quantitative estimate of drug-likeness (QED) is 0.522. The van der Waals surface area contributed by atoms with Crippen molar-refractivity contribution in [2.24, 2.45) is 0 Å². The fourth-order valence-corrected chi connectivity index (χ4v) is 3.58. The van der Waals surface area contributed by atoms with Crippen molar-refractivity contribution >= 4 is 34.0 Å². The number of halogens is 1. The predicted octanol–water partition coefficient (Wildman–Crippen LogP) is 0.0775. The summed E-state index contributed by atoms with van der Waals surface area (Å²) in [4.78, 5) is 23.9. The van der Waals surface area contributed by atoms with Crippen LogP contribution in [0.5, 0.6) is 5.75 Å². The lowest BCUT2D eigenvalue weighted by Gasteiger charge is -2.29. The second kappa shape index (κ2) is 9.12. The van der Waals surface area contributed by atoms with Crippen LogP contribution in [0.4, 0.5) is 5.69 Å². The molecule has 0 bridgehead atoms. The van der Waals surface area contributed by atoms with Gasteiger partial charge in [-0.25, -0.2) is 8.42 Å². The molecule has 12 heteroatoms. The number of carbonyl (C=O) groups excluding carboxylic acids is 1. The highest BCUT2D eigenvalue weighted by atomic mass is 35.5. The topological polar surface area (TPSA) is 122 Å². The molecule has 1 aliphatic rings. The Balaban J connectivity index is 0.00000338. The largest absolute Gasteiger partial charge is 0.490 e. The van der Waals surface area contributed by atoms with E-state index >= 15 is 0 Å². The Bertz CT molecular complexity index is 767. The Morgan fingerprint density at radius 1 is 1.38 bits per heavy atom.